The van der Waals surface area contributed by atoms with Crippen LogP contribution >= 0.6 is 11.8 Å². The first-order chi connectivity index (χ1) is 13.1. The van der Waals surface area contributed by atoms with Gasteiger partial charge in [-0.2, -0.15) is 0 Å². The van der Waals surface area contributed by atoms with Crippen molar-refractivity contribution in [1.29, 1.82) is 0 Å². The fourth-order valence-electron chi connectivity index (χ4n) is 2.82. The van der Waals surface area contributed by atoms with Crippen LogP contribution in [0.4, 0.5) is 0 Å². The maximum absolute atomic E-state index is 12.4. The van der Waals surface area contributed by atoms with E-state index in [2.05, 4.69) is 5.32 Å². The van der Waals surface area contributed by atoms with Crippen molar-refractivity contribution >= 4 is 41.5 Å². The highest BCUT2D eigenvalue weighted by molar-refractivity contribution is 8.00. The average molecular weight is 413 g/mol. The highest BCUT2D eigenvalue weighted by atomic mass is 32.2. The van der Waals surface area contributed by atoms with Crippen molar-refractivity contribution in [1.82, 2.24) is 10.2 Å². The molecule has 28 heavy (non-hydrogen) atoms. The minimum absolute atomic E-state index is 0.0387. The number of esters is 1. The Morgan fingerprint density at radius 3 is 2.61 bits per heavy atom. The van der Waals surface area contributed by atoms with Crippen LogP contribution in [0.3, 0.4) is 0 Å². The van der Waals surface area contributed by atoms with Crippen molar-refractivity contribution in [3.8, 4) is 0 Å². The topological polar surface area (TPSA) is 182 Å². The van der Waals surface area contributed by atoms with Crippen LogP contribution in [0.25, 0.3) is 0 Å². The fraction of sp³-hybridized carbons (Fsp3) is 0.562. The number of β-lactam (4-membered cyclic amide) rings is 1. The number of hydrogen-bond donors (Lipinski definition) is 2. The zero-order valence-corrected chi connectivity index (χ0v) is 15.8. The molecule has 2 amide bonds. The molecule has 0 spiro atoms. The van der Waals surface area contributed by atoms with Gasteiger partial charge in [-0.15, -0.1) is 11.8 Å². The van der Waals surface area contributed by atoms with Crippen LogP contribution in [0.1, 0.15) is 26.2 Å². The van der Waals surface area contributed by atoms with Gasteiger partial charge in [-0.25, -0.2) is 0 Å². The van der Waals surface area contributed by atoms with E-state index < -0.39 is 47.2 Å². The van der Waals surface area contributed by atoms with Gasteiger partial charge in [-0.05, 0) is 12.8 Å². The summed E-state index contributed by atoms with van der Waals surface area (Å²) in [6, 6.07) is -2.08. The Morgan fingerprint density at radius 1 is 1.36 bits per heavy atom. The lowest BCUT2D eigenvalue weighted by Crippen LogP contribution is -2.71. The summed E-state index contributed by atoms with van der Waals surface area (Å²) in [5.41, 5.74) is 5.19. The van der Waals surface area contributed by atoms with Crippen molar-refractivity contribution in [2.75, 3.05) is 12.4 Å². The van der Waals surface area contributed by atoms with Crippen molar-refractivity contribution in [2.24, 2.45) is 5.73 Å². The third-order valence-electron chi connectivity index (χ3n) is 4.23. The van der Waals surface area contributed by atoms with E-state index in [0.29, 0.717) is 0 Å². The van der Waals surface area contributed by atoms with Crippen molar-refractivity contribution in [2.45, 2.75) is 43.6 Å². The molecule has 0 aromatic rings. The second-order valence-corrected chi connectivity index (χ2v) is 7.40. The number of nitrogens with zero attached hydrogens (tertiary/aromatic N) is 1. The third-order valence-corrected chi connectivity index (χ3v) is 5.57. The Morgan fingerprint density at radius 2 is 2.04 bits per heavy atom. The van der Waals surface area contributed by atoms with Crippen LogP contribution in [0, 0.1) is 0 Å². The zero-order chi connectivity index (χ0) is 21.0. The molecule has 154 valence electrons. The molecule has 0 aromatic heterocycles. The minimum atomic E-state index is -1.57. The van der Waals surface area contributed by atoms with Crippen molar-refractivity contribution in [3.63, 3.8) is 0 Å². The van der Waals surface area contributed by atoms with Gasteiger partial charge in [0.25, 0.3) is 5.91 Å². The van der Waals surface area contributed by atoms with Crippen molar-refractivity contribution in [3.05, 3.63) is 11.3 Å². The number of thioether (sulfide) groups is 1. The number of hydrogen-bond acceptors (Lipinski definition) is 10. The van der Waals surface area contributed by atoms with E-state index in [0.717, 1.165) is 4.90 Å². The summed E-state index contributed by atoms with van der Waals surface area (Å²) < 4.78 is 4.81. The third kappa shape index (κ3) is 4.81. The maximum Gasteiger partial charge on any atom is 0.302 e. The number of carbonyl (C=O) groups excluding carboxylic acids is 5. The molecular weight excluding hydrogens is 394 g/mol. The number of carboxylic acid groups (broad SMARTS) is 2. The van der Waals surface area contributed by atoms with Crippen LogP contribution < -0.4 is 21.3 Å². The molecule has 12 heteroatoms. The zero-order valence-electron chi connectivity index (χ0n) is 15.0. The molecular formula is C16H19N3O8S-2. The molecule has 0 bridgehead atoms. The highest BCUT2D eigenvalue weighted by Gasteiger charge is 2.52. The SMILES string of the molecule is CC(=O)OCC1=C(C(=O)[O-])N2C(=O)[C@@H](NC(=O)CCC[C@@H](N)C(=O)[O-])[C@H]2SC1. The second kappa shape index (κ2) is 9.06. The van der Waals surface area contributed by atoms with Crippen LogP contribution in [-0.4, -0.2) is 64.4 Å². The Balaban J connectivity index is 1.96. The first-order valence-electron chi connectivity index (χ1n) is 8.40. The van der Waals surface area contributed by atoms with Crippen LogP contribution in [0.2, 0.25) is 0 Å². The number of fused-ring (bicyclic) bond motifs is 1. The fourth-order valence-corrected chi connectivity index (χ4v) is 4.14. The van der Waals surface area contributed by atoms with E-state index in [4.69, 9.17) is 10.5 Å². The number of rotatable bonds is 9. The number of amides is 2. The summed E-state index contributed by atoms with van der Waals surface area (Å²) in [4.78, 5) is 58.3. The van der Waals surface area contributed by atoms with Crippen molar-refractivity contribution < 1.29 is 38.9 Å². The summed E-state index contributed by atoms with van der Waals surface area (Å²) >= 11 is 1.22. The number of ether oxygens (including phenoxy) is 1. The standard InChI is InChI=1S/C16H21N3O8S/c1-7(20)27-5-8-6-28-14-11(13(22)19(14)12(8)16(25)26)18-10(21)4-2-3-9(17)15(23)24/h9,11,14H,2-6,17H2,1H3,(H,18,21)(H,23,24)(H,25,26)/p-2/t9-,11-,14-/m1/s1. The Bertz CT molecular complexity index is 737. The number of aliphatic carboxylic acids is 2. The number of carboxylic acids is 2. The van der Waals surface area contributed by atoms with Gasteiger partial charge in [0.2, 0.25) is 5.91 Å². The molecule has 2 aliphatic rings. The molecule has 0 saturated carbocycles. The minimum Gasteiger partial charge on any atom is -0.548 e. The van der Waals surface area contributed by atoms with E-state index in [1.807, 2.05) is 0 Å². The molecule has 3 atom stereocenters. The highest BCUT2D eigenvalue weighted by Crippen LogP contribution is 2.40. The lowest BCUT2D eigenvalue weighted by molar-refractivity contribution is -0.307. The Hall–Kier alpha value is -2.60. The molecule has 0 unspecified atom stereocenters. The van der Waals surface area contributed by atoms with Gasteiger partial charge >= 0.3 is 5.97 Å². The number of nitrogens with two attached hydrogens (primary N) is 1. The van der Waals surface area contributed by atoms with E-state index in [1.54, 1.807) is 0 Å². The molecule has 2 aliphatic heterocycles. The van der Waals surface area contributed by atoms with E-state index in [-0.39, 0.29) is 42.9 Å². The van der Waals surface area contributed by atoms with Gasteiger partial charge in [0.05, 0.1) is 17.6 Å². The summed E-state index contributed by atoms with van der Waals surface area (Å²) in [6.45, 7) is 0.913. The van der Waals surface area contributed by atoms with Gasteiger partial charge in [-0.1, -0.05) is 0 Å². The van der Waals surface area contributed by atoms with Crippen LogP contribution in [0.5, 0.6) is 0 Å². The molecule has 0 aromatic carbocycles. The predicted molar refractivity (Wildman–Crippen MR) is 90.5 cm³/mol. The molecule has 2 rings (SSSR count). The summed E-state index contributed by atoms with van der Waals surface area (Å²) in [5.74, 6) is -4.46. The van der Waals surface area contributed by atoms with Gasteiger partial charge < -0.3 is 35.6 Å². The average Bonchev–Trinajstić information content (AvgIpc) is 2.62. The molecule has 11 nitrogen and oxygen atoms in total. The monoisotopic (exact) mass is 413 g/mol. The maximum atomic E-state index is 12.4. The lowest BCUT2D eigenvalue weighted by atomic mass is 10.0. The molecule has 1 fully saturated rings. The molecule has 0 aliphatic carbocycles. The molecule has 1 saturated heterocycles. The first-order valence-corrected chi connectivity index (χ1v) is 9.45. The summed E-state index contributed by atoms with van der Waals surface area (Å²) in [5, 5.41) is 23.9. The first kappa shape index (κ1) is 21.7. The summed E-state index contributed by atoms with van der Waals surface area (Å²) in [7, 11) is 0. The van der Waals surface area contributed by atoms with E-state index in [9.17, 15) is 34.2 Å². The van der Waals surface area contributed by atoms with Gasteiger partial charge in [0.15, 0.2) is 0 Å². The van der Waals surface area contributed by atoms with Gasteiger partial charge in [0.1, 0.15) is 18.0 Å². The number of carbonyl (C=O) groups is 5. The number of nitrogens with one attached hydrogen (secondary N) is 1. The normalized spacial score (nSPS) is 22.1. The Kier molecular flexibility index (Phi) is 7.02. The van der Waals surface area contributed by atoms with E-state index in [1.165, 1.54) is 18.7 Å². The molecule has 2 heterocycles. The Labute approximate surface area is 164 Å². The predicted octanol–water partition coefficient (Wildman–Crippen LogP) is -3.80. The van der Waals surface area contributed by atoms with Crippen LogP contribution in [-0.2, 0) is 28.7 Å². The largest absolute Gasteiger partial charge is 0.548 e. The second-order valence-electron chi connectivity index (χ2n) is 6.29. The van der Waals surface area contributed by atoms with Gasteiger partial charge in [-0.3, -0.25) is 19.3 Å². The quantitative estimate of drug-likeness (QED) is 0.281. The van der Waals surface area contributed by atoms with E-state index >= 15 is 0 Å². The lowest BCUT2D eigenvalue weighted by Gasteiger charge is -2.50. The summed E-state index contributed by atoms with van der Waals surface area (Å²) in [6.07, 6.45) is 0.207. The van der Waals surface area contributed by atoms with Crippen LogP contribution in [0.15, 0.2) is 11.3 Å². The smallest absolute Gasteiger partial charge is 0.302 e. The van der Waals surface area contributed by atoms with Gasteiger partial charge in [0, 0.05) is 30.7 Å². The molecule has 3 N–H and O–H groups in total. The molecule has 0 radical (unpaired) electrons.